The third-order valence-corrected chi connectivity index (χ3v) is 3.75. The minimum Gasteiger partial charge on any atom is -0.366 e. The van der Waals surface area contributed by atoms with Gasteiger partial charge in [-0.2, -0.15) is 0 Å². The second kappa shape index (κ2) is 5.68. The molecule has 2 N–H and O–H groups in total. The highest BCUT2D eigenvalue weighted by molar-refractivity contribution is 6.18. The van der Waals surface area contributed by atoms with Crippen molar-refractivity contribution >= 4 is 22.4 Å². The van der Waals surface area contributed by atoms with Gasteiger partial charge in [-0.1, -0.05) is 18.7 Å². The van der Waals surface area contributed by atoms with Gasteiger partial charge in [-0.15, -0.1) is 0 Å². The number of carbonyl (C=O) groups excluding carboxylic acids is 1. The smallest absolute Gasteiger partial charge is 0.248 e. The number of halogens is 2. The molecule has 0 spiro atoms. The Morgan fingerprint density at radius 3 is 2.57 bits per heavy atom. The fourth-order valence-corrected chi connectivity index (χ4v) is 2.50. The Hall–Kier alpha value is -2.95. The number of rotatable bonds is 4. The monoisotopic (exact) mass is 312 g/mol. The fraction of sp³-hybridized carbons (Fsp3) is 0.0556. The molecule has 1 aromatic heterocycles. The van der Waals surface area contributed by atoms with Crippen LogP contribution in [-0.2, 0) is 11.3 Å². The molecule has 0 unspecified atom stereocenters. The van der Waals surface area contributed by atoms with Gasteiger partial charge in [0.05, 0.1) is 0 Å². The third kappa shape index (κ3) is 2.85. The van der Waals surface area contributed by atoms with Gasteiger partial charge < -0.3 is 10.3 Å². The van der Waals surface area contributed by atoms with Crippen LogP contribution in [0, 0.1) is 11.6 Å². The summed E-state index contributed by atoms with van der Waals surface area (Å²) in [7, 11) is 0. The standard InChI is InChI=1S/C18H14F2N2O/c1-11(18(21)23)13-3-5-17-14(9-13)6-7-22(17)10-12-2-4-15(19)16(20)8-12/h2-9H,1,10H2,(H2,21,23). The van der Waals surface area contributed by atoms with Gasteiger partial charge in [0.25, 0.3) is 0 Å². The Morgan fingerprint density at radius 2 is 1.87 bits per heavy atom. The first-order chi connectivity index (χ1) is 11.0. The zero-order chi connectivity index (χ0) is 16.6. The average Bonchev–Trinajstić information content (AvgIpc) is 2.92. The van der Waals surface area contributed by atoms with E-state index in [4.69, 9.17) is 5.73 Å². The number of nitrogens with two attached hydrogens (primary N) is 1. The van der Waals surface area contributed by atoms with Crippen molar-refractivity contribution in [2.24, 2.45) is 5.73 Å². The first kappa shape index (κ1) is 15.0. The van der Waals surface area contributed by atoms with E-state index >= 15 is 0 Å². The van der Waals surface area contributed by atoms with Crippen molar-refractivity contribution in [3.05, 3.63) is 78.0 Å². The van der Waals surface area contributed by atoms with Crippen molar-refractivity contribution in [1.29, 1.82) is 0 Å². The lowest BCUT2D eigenvalue weighted by molar-refractivity contribution is -0.112. The molecular formula is C18H14F2N2O. The molecule has 3 rings (SSSR count). The highest BCUT2D eigenvalue weighted by Crippen LogP contribution is 2.22. The van der Waals surface area contributed by atoms with Crippen LogP contribution in [-0.4, -0.2) is 10.5 Å². The summed E-state index contributed by atoms with van der Waals surface area (Å²) in [4.78, 5) is 11.2. The van der Waals surface area contributed by atoms with Crippen LogP contribution in [0.2, 0.25) is 0 Å². The van der Waals surface area contributed by atoms with E-state index in [1.807, 2.05) is 29.0 Å². The van der Waals surface area contributed by atoms with Crippen molar-refractivity contribution in [2.75, 3.05) is 0 Å². The Morgan fingerprint density at radius 1 is 1.09 bits per heavy atom. The predicted molar refractivity (Wildman–Crippen MR) is 85.6 cm³/mol. The molecule has 0 aliphatic rings. The molecule has 3 aromatic rings. The van der Waals surface area contributed by atoms with Crippen molar-refractivity contribution < 1.29 is 13.6 Å². The van der Waals surface area contributed by atoms with Gasteiger partial charge in [0, 0.05) is 29.2 Å². The first-order valence-electron chi connectivity index (χ1n) is 6.97. The number of carbonyl (C=O) groups is 1. The lowest BCUT2D eigenvalue weighted by Crippen LogP contribution is -2.11. The Balaban J connectivity index is 1.95. The topological polar surface area (TPSA) is 48.0 Å². The van der Waals surface area contributed by atoms with Crippen LogP contribution in [0.4, 0.5) is 8.78 Å². The third-order valence-electron chi connectivity index (χ3n) is 3.75. The molecule has 23 heavy (non-hydrogen) atoms. The van der Waals surface area contributed by atoms with Gasteiger partial charge >= 0.3 is 0 Å². The van der Waals surface area contributed by atoms with Crippen LogP contribution in [0.3, 0.4) is 0 Å². The van der Waals surface area contributed by atoms with Crippen molar-refractivity contribution in [2.45, 2.75) is 6.54 Å². The number of primary amides is 1. The molecule has 0 fully saturated rings. The van der Waals surface area contributed by atoms with E-state index in [9.17, 15) is 13.6 Å². The van der Waals surface area contributed by atoms with Gasteiger partial charge in [0.1, 0.15) is 0 Å². The molecule has 0 aliphatic heterocycles. The molecule has 0 saturated heterocycles. The molecule has 1 amide bonds. The van der Waals surface area contributed by atoms with E-state index < -0.39 is 17.5 Å². The molecule has 1 heterocycles. The highest BCUT2D eigenvalue weighted by atomic mass is 19.2. The molecule has 0 aliphatic carbocycles. The molecular weight excluding hydrogens is 298 g/mol. The summed E-state index contributed by atoms with van der Waals surface area (Å²) in [6, 6.07) is 11.2. The van der Waals surface area contributed by atoms with Gasteiger partial charge in [-0.25, -0.2) is 8.78 Å². The molecule has 2 aromatic carbocycles. The summed E-state index contributed by atoms with van der Waals surface area (Å²) in [5.74, 6) is -2.29. The summed E-state index contributed by atoms with van der Waals surface area (Å²) in [5.41, 5.74) is 7.72. The second-order valence-electron chi connectivity index (χ2n) is 5.31. The number of amides is 1. The van der Waals surface area contributed by atoms with Crippen LogP contribution < -0.4 is 5.73 Å². The van der Waals surface area contributed by atoms with Gasteiger partial charge in [-0.3, -0.25) is 4.79 Å². The van der Waals surface area contributed by atoms with Crippen molar-refractivity contribution in [3.63, 3.8) is 0 Å². The maximum absolute atomic E-state index is 13.3. The predicted octanol–water partition coefficient (Wildman–Crippen LogP) is 3.47. The molecule has 0 saturated carbocycles. The lowest BCUT2D eigenvalue weighted by Gasteiger charge is -2.07. The number of benzene rings is 2. The number of hydrogen-bond donors (Lipinski definition) is 1. The maximum atomic E-state index is 13.3. The summed E-state index contributed by atoms with van der Waals surface area (Å²) < 4.78 is 28.2. The van der Waals surface area contributed by atoms with E-state index in [1.165, 1.54) is 6.07 Å². The van der Waals surface area contributed by atoms with Crippen molar-refractivity contribution in [1.82, 2.24) is 4.57 Å². The molecule has 0 atom stereocenters. The second-order valence-corrected chi connectivity index (χ2v) is 5.31. The summed E-state index contributed by atoms with van der Waals surface area (Å²) >= 11 is 0. The van der Waals surface area contributed by atoms with Gasteiger partial charge in [-0.05, 0) is 41.5 Å². The summed E-state index contributed by atoms with van der Waals surface area (Å²) in [6.07, 6.45) is 1.85. The largest absolute Gasteiger partial charge is 0.366 e. The van der Waals surface area contributed by atoms with E-state index in [-0.39, 0.29) is 5.57 Å². The van der Waals surface area contributed by atoms with Crippen LogP contribution in [0.25, 0.3) is 16.5 Å². The Kier molecular flexibility index (Phi) is 3.70. The molecule has 0 bridgehead atoms. The molecule has 5 heteroatoms. The van der Waals surface area contributed by atoms with Gasteiger partial charge in [0.15, 0.2) is 11.6 Å². The van der Waals surface area contributed by atoms with E-state index in [0.717, 1.165) is 17.0 Å². The molecule has 0 radical (unpaired) electrons. The number of hydrogen-bond acceptors (Lipinski definition) is 1. The molecule has 3 nitrogen and oxygen atoms in total. The normalized spacial score (nSPS) is 10.9. The number of fused-ring (bicyclic) bond motifs is 1. The average molecular weight is 312 g/mol. The maximum Gasteiger partial charge on any atom is 0.248 e. The number of aromatic nitrogens is 1. The zero-order valence-electron chi connectivity index (χ0n) is 12.2. The lowest BCUT2D eigenvalue weighted by atomic mass is 10.1. The van der Waals surface area contributed by atoms with Crippen LogP contribution >= 0.6 is 0 Å². The van der Waals surface area contributed by atoms with E-state index in [0.29, 0.717) is 17.7 Å². The first-order valence-corrected chi connectivity index (χ1v) is 6.97. The SMILES string of the molecule is C=C(C(N)=O)c1ccc2c(ccn2Cc2ccc(F)c(F)c2)c1. The Labute approximate surface area is 131 Å². The summed E-state index contributed by atoms with van der Waals surface area (Å²) in [6.45, 7) is 4.08. The van der Waals surface area contributed by atoms with E-state index in [1.54, 1.807) is 12.1 Å². The quantitative estimate of drug-likeness (QED) is 0.737. The molecule has 116 valence electrons. The van der Waals surface area contributed by atoms with Crippen LogP contribution in [0.15, 0.2) is 55.2 Å². The fourth-order valence-electron chi connectivity index (χ4n) is 2.50. The van der Waals surface area contributed by atoms with Crippen LogP contribution in [0.5, 0.6) is 0 Å². The van der Waals surface area contributed by atoms with Gasteiger partial charge in [0.2, 0.25) is 5.91 Å². The minimum atomic E-state index is -0.862. The van der Waals surface area contributed by atoms with Crippen molar-refractivity contribution in [3.8, 4) is 0 Å². The van der Waals surface area contributed by atoms with E-state index in [2.05, 4.69) is 6.58 Å². The summed E-state index contributed by atoms with van der Waals surface area (Å²) in [5, 5.41) is 0.910. The minimum absolute atomic E-state index is 0.250. The Bertz CT molecular complexity index is 928. The zero-order valence-corrected chi connectivity index (χ0v) is 12.2. The van der Waals surface area contributed by atoms with Crippen LogP contribution in [0.1, 0.15) is 11.1 Å². The highest BCUT2D eigenvalue weighted by Gasteiger charge is 2.09. The number of nitrogens with zero attached hydrogens (tertiary/aromatic N) is 1.